The molecule has 15 heteroatoms. The first-order chi connectivity index (χ1) is 32.6. The molecule has 4 N–H and O–H groups in total. The molecule has 6 bridgehead atoms. The molecule has 6 atom stereocenters. The first kappa shape index (κ1) is 47.7. The molecule has 1 spiro atoms. The molecule has 0 unspecified atom stereocenters. The third-order valence-corrected chi connectivity index (χ3v) is 15.1. The average molecular weight is 931 g/mol. The monoisotopic (exact) mass is 931 g/mol. The Morgan fingerprint density at radius 2 is 1.82 bits per heavy atom. The molecule has 7 heterocycles. The van der Waals surface area contributed by atoms with Crippen LogP contribution in [0, 0.1) is 16.7 Å². The quantitative estimate of drug-likeness (QED) is 0.118. The number of hydrogen-bond donors (Lipinski definition) is 4. The minimum atomic E-state index is -1.03. The fraction of sp³-hybridized carbons (Fsp3) is 0.566. The van der Waals surface area contributed by atoms with Crippen LogP contribution in [-0.4, -0.2) is 130 Å². The zero-order valence-corrected chi connectivity index (χ0v) is 40.9. The van der Waals surface area contributed by atoms with Gasteiger partial charge < -0.3 is 34.7 Å². The summed E-state index contributed by atoms with van der Waals surface area (Å²) in [7, 11) is 1.69. The van der Waals surface area contributed by atoms with Crippen LogP contribution in [0.25, 0.3) is 33.3 Å². The second-order valence-electron chi connectivity index (χ2n) is 21.3. The van der Waals surface area contributed by atoms with Crippen molar-refractivity contribution in [2.75, 3.05) is 53.0 Å². The number of fused-ring (bicyclic) bond motifs is 6. The number of piperidine rings is 1. The number of carbonyl (C=O) groups excluding carboxylic acids is 4. The third kappa shape index (κ3) is 9.64. The number of aromatic hydroxyl groups is 1. The molecule has 5 aliphatic rings. The molecular formula is C53H70N8O7. The van der Waals surface area contributed by atoms with Gasteiger partial charge in [-0.25, -0.2) is 5.43 Å². The van der Waals surface area contributed by atoms with Crippen LogP contribution < -0.4 is 16.1 Å². The number of carbonyl (C=O) groups is 4. The Morgan fingerprint density at radius 3 is 2.57 bits per heavy atom. The molecule has 2 aromatic carbocycles. The van der Waals surface area contributed by atoms with Crippen LogP contribution in [0.1, 0.15) is 96.6 Å². The second-order valence-corrected chi connectivity index (χ2v) is 21.3. The number of nitrogens with one attached hydrogen (secondary N) is 3. The van der Waals surface area contributed by atoms with Gasteiger partial charge in [0.25, 0.3) is 5.91 Å². The Kier molecular flexibility index (Phi) is 13.5. The van der Waals surface area contributed by atoms with E-state index in [1.54, 1.807) is 25.4 Å². The van der Waals surface area contributed by atoms with Crippen LogP contribution in [0.15, 0.2) is 54.7 Å². The first-order valence-electron chi connectivity index (χ1n) is 24.8. The number of aryl methyl sites for hydroxylation is 1. The summed E-state index contributed by atoms with van der Waals surface area (Å²) in [4.78, 5) is 65.9. The summed E-state index contributed by atoms with van der Waals surface area (Å²) < 4.78 is 14.3. The largest absolute Gasteiger partial charge is 0.508 e. The predicted molar refractivity (Wildman–Crippen MR) is 260 cm³/mol. The number of methoxy groups -OCH3 is 1. The molecule has 15 nitrogen and oxygen atoms in total. The summed E-state index contributed by atoms with van der Waals surface area (Å²) >= 11 is 0. The molecule has 0 radical (unpaired) electrons. The smallest absolute Gasteiger partial charge is 0.324 e. The van der Waals surface area contributed by atoms with Crippen molar-refractivity contribution in [2.24, 2.45) is 16.7 Å². The summed E-state index contributed by atoms with van der Waals surface area (Å²) in [6.45, 7) is 17.2. The average Bonchev–Trinajstić information content (AvgIpc) is 4.05. The number of esters is 1. The highest BCUT2D eigenvalue weighted by molar-refractivity contribution is 5.96. The summed E-state index contributed by atoms with van der Waals surface area (Å²) in [5, 5.41) is 20.3. The lowest BCUT2D eigenvalue weighted by molar-refractivity contribution is -0.155. The van der Waals surface area contributed by atoms with E-state index >= 15 is 0 Å². The number of cyclic esters (lactones) is 1. The highest BCUT2D eigenvalue weighted by Crippen LogP contribution is 2.43. The van der Waals surface area contributed by atoms with Gasteiger partial charge in [-0.3, -0.25) is 34.1 Å². The van der Waals surface area contributed by atoms with Gasteiger partial charge in [0.2, 0.25) is 11.8 Å². The standard InChI is InChI=1S/C53H70N8O7/c1-8-60-44-15-14-35-26-39(44)40(47(60)38-12-9-18-54-45(38)33(4)67-7)27-52(5,6)31-68-51(66)41-13-10-20-61(57-41)50(65)42(24-34-22-36(35)25-37(62)23-34)56-48(63)46(32(2)3)58-21-17-53(29-58)16-11-19-59(30-53)49(64)43-28-55-43/h9,12,14-15,18,22-23,25-26,32-33,41-43,46,55,57,62H,8,10-11,13,16-17,19-21,24,27-31H2,1-7H3,(H,56,63)/t33-,41-,42-,43+,46-,53+/m0/s1. The minimum absolute atomic E-state index is 0.0464. The molecule has 4 aromatic rings. The van der Waals surface area contributed by atoms with Crippen LogP contribution in [0.2, 0.25) is 0 Å². The fourth-order valence-corrected chi connectivity index (χ4v) is 11.6. The van der Waals surface area contributed by atoms with Crippen molar-refractivity contribution in [3.8, 4) is 28.1 Å². The fourth-order valence-electron chi connectivity index (χ4n) is 11.6. The maximum Gasteiger partial charge on any atom is 0.324 e. The molecule has 4 saturated heterocycles. The molecular weight excluding hydrogens is 861 g/mol. The molecule has 364 valence electrons. The topological polar surface area (TPSA) is 181 Å². The summed E-state index contributed by atoms with van der Waals surface area (Å²) in [5.41, 5.74) is 9.88. The molecule has 68 heavy (non-hydrogen) atoms. The van der Waals surface area contributed by atoms with Gasteiger partial charge in [-0.1, -0.05) is 39.8 Å². The predicted octanol–water partition coefficient (Wildman–Crippen LogP) is 5.76. The summed E-state index contributed by atoms with van der Waals surface area (Å²) in [6.07, 6.45) is 6.07. The lowest BCUT2D eigenvalue weighted by atomic mass is 9.79. The number of ether oxygens (including phenoxy) is 2. The van der Waals surface area contributed by atoms with Crippen molar-refractivity contribution in [1.82, 2.24) is 40.4 Å². The van der Waals surface area contributed by atoms with Gasteiger partial charge in [-0.2, -0.15) is 0 Å². The van der Waals surface area contributed by atoms with Crippen molar-refractivity contribution >= 4 is 34.6 Å². The maximum atomic E-state index is 14.9. The van der Waals surface area contributed by atoms with E-state index in [1.807, 2.05) is 37.8 Å². The van der Waals surface area contributed by atoms with Gasteiger partial charge in [0, 0.05) is 86.3 Å². The summed E-state index contributed by atoms with van der Waals surface area (Å²) in [5.74, 6) is -0.898. The molecule has 3 amide bonds. The number of likely N-dealkylation sites (tertiary alicyclic amines) is 2. The van der Waals surface area contributed by atoms with Crippen molar-refractivity contribution in [2.45, 2.75) is 123 Å². The van der Waals surface area contributed by atoms with Gasteiger partial charge in [0.1, 0.15) is 17.8 Å². The van der Waals surface area contributed by atoms with E-state index in [0.29, 0.717) is 57.5 Å². The van der Waals surface area contributed by atoms with Crippen molar-refractivity contribution < 1.29 is 33.8 Å². The minimum Gasteiger partial charge on any atom is -0.508 e. The second kappa shape index (κ2) is 19.2. The van der Waals surface area contributed by atoms with E-state index in [1.165, 1.54) is 5.01 Å². The Labute approximate surface area is 400 Å². The summed E-state index contributed by atoms with van der Waals surface area (Å²) in [6, 6.07) is 13.4. The highest BCUT2D eigenvalue weighted by atomic mass is 16.5. The van der Waals surface area contributed by atoms with E-state index in [0.717, 1.165) is 76.9 Å². The van der Waals surface area contributed by atoms with E-state index < -0.39 is 29.5 Å². The number of aromatic nitrogens is 2. The molecule has 0 saturated carbocycles. The number of hydrazine groups is 1. The number of pyridine rings is 1. The van der Waals surface area contributed by atoms with Crippen LogP contribution >= 0.6 is 0 Å². The highest BCUT2D eigenvalue weighted by Gasteiger charge is 2.48. The van der Waals surface area contributed by atoms with Crippen LogP contribution in [0.3, 0.4) is 0 Å². The number of benzene rings is 2. The number of phenolic OH excluding ortho intramolecular Hbond substituents is 1. The molecule has 9 rings (SSSR count). The maximum absolute atomic E-state index is 14.9. The Morgan fingerprint density at radius 1 is 1.01 bits per heavy atom. The third-order valence-electron chi connectivity index (χ3n) is 15.1. The van der Waals surface area contributed by atoms with Crippen LogP contribution in [-0.2, 0) is 48.0 Å². The van der Waals surface area contributed by atoms with Gasteiger partial charge >= 0.3 is 5.97 Å². The van der Waals surface area contributed by atoms with Gasteiger partial charge in [-0.15, -0.1) is 0 Å². The number of hydrogen-bond acceptors (Lipinski definition) is 11. The van der Waals surface area contributed by atoms with E-state index in [9.17, 15) is 24.3 Å². The lowest BCUT2D eigenvalue weighted by Gasteiger charge is -2.41. The Hall–Kier alpha value is -5.35. The normalized spacial score (nSPS) is 25.3. The van der Waals surface area contributed by atoms with Crippen molar-refractivity contribution in [3.63, 3.8) is 0 Å². The molecule has 5 aliphatic heterocycles. The number of amides is 3. The zero-order valence-electron chi connectivity index (χ0n) is 40.9. The van der Waals surface area contributed by atoms with Crippen LogP contribution in [0.5, 0.6) is 5.75 Å². The van der Waals surface area contributed by atoms with Crippen LogP contribution in [0.4, 0.5) is 0 Å². The van der Waals surface area contributed by atoms with Gasteiger partial charge in [0.15, 0.2) is 0 Å². The van der Waals surface area contributed by atoms with Gasteiger partial charge in [-0.05, 0) is 123 Å². The Balaban J connectivity index is 1.09. The van der Waals surface area contributed by atoms with Gasteiger partial charge in [0.05, 0.1) is 36.2 Å². The zero-order chi connectivity index (χ0) is 48.1. The van der Waals surface area contributed by atoms with Crippen molar-refractivity contribution in [1.29, 1.82) is 0 Å². The van der Waals surface area contributed by atoms with E-state index in [-0.39, 0.29) is 60.0 Å². The van der Waals surface area contributed by atoms with E-state index in [4.69, 9.17) is 14.5 Å². The number of phenols is 1. The molecule has 2 aromatic heterocycles. The number of rotatable bonds is 9. The first-order valence-corrected chi connectivity index (χ1v) is 24.8. The Bertz CT molecular complexity index is 2570. The number of nitrogens with zero attached hydrogens (tertiary/aromatic N) is 5. The lowest BCUT2D eigenvalue weighted by Crippen LogP contribution is -2.62. The molecule has 0 aliphatic carbocycles. The molecule has 4 fully saturated rings. The van der Waals surface area contributed by atoms with Crippen molar-refractivity contribution in [3.05, 3.63) is 71.5 Å². The van der Waals surface area contributed by atoms with E-state index in [2.05, 4.69) is 70.6 Å². The SMILES string of the molecule is CCn1c(-c2cccnc2[C@H](C)OC)c2c3cc(ccc31)-c1cc(O)cc(c1)C[C@H](NC(=O)[C@H](C(C)C)N1CC[C@]3(CCCN(C(=O)[C@H]4CN4)C3)C1)C(=O)N1CCC[C@H](N1)C(=O)OCC(C)(C)C2.